The van der Waals surface area contributed by atoms with E-state index in [1.807, 2.05) is 0 Å². The van der Waals surface area contributed by atoms with Gasteiger partial charge in [-0.2, -0.15) is 4.31 Å². The highest BCUT2D eigenvalue weighted by molar-refractivity contribution is 9.10. The first-order valence-corrected chi connectivity index (χ1v) is 10.8. The van der Waals surface area contributed by atoms with Crippen molar-refractivity contribution in [2.45, 2.75) is 18.7 Å². The summed E-state index contributed by atoms with van der Waals surface area (Å²) in [6, 6.07) is 12.7. The first-order chi connectivity index (χ1) is 13.3. The lowest BCUT2D eigenvalue weighted by atomic mass is 10.2. The summed E-state index contributed by atoms with van der Waals surface area (Å²) in [6.07, 6.45) is 0. The number of anilines is 1. The number of benzene rings is 2. The van der Waals surface area contributed by atoms with Gasteiger partial charge in [-0.15, -0.1) is 0 Å². The molecule has 1 N–H and O–H groups in total. The van der Waals surface area contributed by atoms with E-state index in [4.69, 9.17) is 4.74 Å². The molecule has 0 spiro atoms. The molecule has 0 radical (unpaired) electrons. The fourth-order valence-corrected chi connectivity index (χ4v) is 4.43. The fraction of sp³-hybridized carbons (Fsp3) is 0.263. The number of amides is 1. The maximum atomic E-state index is 12.6. The summed E-state index contributed by atoms with van der Waals surface area (Å²) in [5, 5.41) is 2.54. The molecule has 0 aromatic heterocycles. The molecule has 150 valence electrons. The highest BCUT2D eigenvalue weighted by Crippen LogP contribution is 2.20. The van der Waals surface area contributed by atoms with E-state index in [1.165, 1.54) is 16.4 Å². The van der Waals surface area contributed by atoms with E-state index in [9.17, 15) is 18.0 Å². The van der Waals surface area contributed by atoms with Crippen molar-refractivity contribution >= 4 is 43.5 Å². The van der Waals surface area contributed by atoms with Crippen LogP contribution >= 0.6 is 15.9 Å². The summed E-state index contributed by atoms with van der Waals surface area (Å²) >= 11 is 3.25. The summed E-state index contributed by atoms with van der Waals surface area (Å²) in [5.74, 6) is -1.21. The molecule has 2 rings (SSSR count). The molecule has 0 saturated carbocycles. The maximum absolute atomic E-state index is 12.6. The van der Waals surface area contributed by atoms with Crippen molar-refractivity contribution in [3.8, 4) is 0 Å². The second kappa shape index (κ2) is 9.81. The molecule has 9 heteroatoms. The van der Waals surface area contributed by atoms with Gasteiger partial charge in [0.25, 0.3) is 5.91 Å². The van der Waals surface area contributed by atoms with Crippen LogP contribution in [0.5, 0.6) is 0 Å². The molecule has 7 nitrogen and oxygen atoms in total. The Balaban J connectivity index is 2.03. The lowest BCUT2D eigenvalue weighted by molar-refractivity contribution is -0.119. The second-order valence-corrected chi connectivity index (χ2v) is 8.51. The normalized spacial score (nSPS) is 11.3. The van der Waals surface area contributed by atoms with Crippen LogP contribution in [0.15, 0.2) is 57.9 Å². The van der Waals surface area contributed by atoms with Crippen LogP contribution in [0.3, 0.4) is 0 Å². The van der Waals surface area contributed by atoms with Gasteiger partial charge >= 0.3 is 5.97 Å². The Morgan fingerprint density at radius 1 is 1.07 bits per heavy atom. The van der Waals surface area contributed by atoms with Crippen LogP contribution in [0.25, 0.3) is 0 Å². The van der Waals surface area contributed by atoms with Gasteiger partial charge < -0.3 is 10.1 Å². The van der Waals surface area contributed by atoms with Crippen LogP contribution in [-0.4, -0.2) is 44.3 Å². The van der Waals surface area contributed by atoms with E-state index in [1.54, 1.807) is 50.2 Å². The lowest BCUT2D eigenvalue weighted by Gasteiger charge is -2.18. The standard InChI is InChI=1S/C19H21BrN2O5S/c1-3-22(4-2)28(25,26)15-9-7-8-14(12-15)21-18(23)13-27-19(24)16-10-5-6-11-17(16)20/h5-12H,3-4,13H2,1-2H3,(H,21,23). The molecule has 28 heavy (non-hydrogen) atoms. The molecule has 0 unspecified atom stereocenters. The van der Waals surface area contributed by atoms with E-state index in [2.05, 4.69) is 21.2 Å². The van der Waals surface area contributed by atoms with Gasteiger partial charge in [0.2, 0.25) is 10.0 Å². The number of carbonyl (C=O) groups excluding carboxylic acids is 2. The van der Waals surface area contributed by atoms with E-state index in [0.29, 0.717) is 28.8 Å². The zero-order valence-electron chi connectivity index (χ0n) is 15.5. The SMILES string of the molecule is CCN(CC)S(=O)(=O)c1cccc(NC(=O)COC(=O)c2ccccc2Br)c1. The molecule has 0 fully saturated rings. The van der Waals surface area contributed by atoms with E-state index in [-0.39, 0.29) is 4.90 Å². The van der Waals surface area contributed by atoms with Crippen LogP contribution in [0.1, 0.15) is 24.2 Å². The first kappa shape index (κ1) is 22.1. The largest absolute Gasteiger partial charge is 0.452 e. The maximum Gasteiger partial charge on any atom is 0.339 e. The van der Waals surface area contributed by atoms with Gasteiger partial charge in [0.15, 0.2) is 6.61 Å². The smallest absolute Gasteiger partial charge is 0.339 e. The molecule has 1 amide bonds. The number of carbonyl (C=O) groups is 2. The van der Waals surface area contributed by atoms with Crippen LogP contribution in [0, 0.1) is 0 Å². The first-order valence-electron chi connectivity index (χ1n) is 8.61. The summed E-state index contributed by atoms with van der Waals surface area (Å²) in [5.41, 5.74) is 0.609. The van der Waals surface area contributed by atoms with Gasteiger partial charge in [-0.3, -0.25) is 4.79 Å². The summed E-state index contributed by atoms with van der Waals surface area (Å²) < 4.78 is 32.0. The van der Waals surface area contributed by atoms with Crippen LogP contribution in [0.2, 0.25) is 0 Å². The Hall–Kier alpha value is -2.23. The van der Waals surface area contributed by atoms with E-state index >= 15 is 0 Å². The van der Waals surface area contributed by atoms with Gasteiger partial charge in [-0.1, -0.05) is 32.0 Å². The second-order valence-electron chi connectivity index (χ2n) is 5.72. The summed E-state index contributed by atoms with van der Waals surface area (Å²) in [4.78, 5) is 24.2. The molecule has 0 atom stereocenters. The number of nitrogens with zero attached hydrogens (tertiary/aromatic N) is 1. The van der Waals surface area contributed by atoms with E-state index in [0.717, 1.165) is 0 Å². The Morgan fingerprint density at radius 3 is 2.39 bits per heavy atom. The number of sulfonamides is 1. The van der Waals surface area contributed by atoms with Crippen LogP contribution < -0.4 is 5.32 Å². The van der Waals surface area contributed by atoms with Crippen molar-refractivity contribution in [1.82, 2.24) is 4.31 Å². The Bertz CT molecular complexity index is 958. The number of hydrogen-bond acceptors (Lipinski definition) is 5. The van der Waals surface area contributed by atoms with Crippen LogP contribution in [-0.2, 0) is 19.6 Å². The van der Waals surface area contributed by atoms with Crippen molar-refractivity contribution in [2.75, 3.05) is 25.0 Å². The van der Waals surface area contributed by atoms with Gasteiger partial charge in [0, 0.05) is 23.2 Å². The zero-order valence-corrected chi connectivity index (χ0v) is 17.9. The minimum Gasteiger partial charge on any atom is -0.452 e. The quantitative estimate of drug-likeness (QED) is 0.600. The molecule has 0 bridgehead atoms. The number of ether oxygens (including phenoxy) is 1. The minimum atomic E-state index is -3.63. The highest BCUT2D eigenvalue weighted by Gasteiger charge is 2.22. The molecular formula is C19H21BrN2O5S. The average Bonchev–Trinajstić information content (AvgIpc) is 2.67. The van der Waals surface area contributed by atoms with Gasteiger partial charge in [0.05, 0.1) is 10.5 Å². The zero-order chi connectivity index (χ0) is 20.7. The van der Waals surface area contributed by atoms with Crippen LogP contribution in [0.4, 0.5) is 5.69 Å². The molecule has 0 aliphatic carbocycles. The Labute approximate surface area is 172 Å². The Morgan fingerprint density at radius 2 is 1.75 bits per heavy atom. The van der Waals surface area contributed by atoms with Gasteiger partial charge in [0.1, 0.15) is 0 Å². The molecule has 0 aliphatic heterocycles. The third-order valence-electron chi connectivity index (χ3n) is 3.89. The number of halogens is 1. The number of esters is 1. The van der Waals surface area contributed by atoms with Crippen molar-refractivity contribution < 1.29 is 22.7 Å². The number of hydrogen-bond donors (Lipinski definition) is 1. The monoisotopic (exact) mass is 468 g/mol. The molecule has 0 saturated heterocycles. The third-order valence-corrected chi connectivity index (χ3v) is 6.63. The lowest BCUT2D eigenvalue weighted by Crippen LogP contribution is -2.30. The predicted octanol–water partition coefficient (Wildman–Crippen LogP) is 3.28. The van der Waals surface area contributed by atoms with E-state index < -0.39 is 28.5 Å². The fourth-order valence-electron chi connectivity index (χ4n) is 2.48. The Kier molecular flexibility index (Phi) is 7.73. The third kappa shape index (κ3) is 5.40. The molecule has 2 aromatic carbocycles. The molecule has 2 aromatic rings. The molecule has 0 heterocycles. The number of rotatable bonds is 8. The van der Waals surface area contributed by atoms with Gasteiger partial charge in [-0.05, 0) is 46.3 Å². The summed E-state index contributed by atoms with van der Waals surface area (Å²) in [7, 11) is -3.63. The molecule has 0 aliphatic rings. The summed E-state index contributed by atoms with van der Waals surface area (Å²) in [6.45, 7) is 3.71. The van der Waals surface area contributed by atoms with Crippen molar-refractivity contribution in [1.29, 1.82) is 0 Å². The van der Waals surface area contributed by atoms with Gasteiger partial charge in [-0.25, -0.2) is 13.2 Å². The average molecular weight is 469 g/mol. The highest BCUT2D eigenvalue weighted by atomic mass is 79.9. The van der Waals surface area contributed by atoms with Crippen molar-refractivity contribution in [3.63, 3.8) is 0 Å². The van der Waals surface area contributed by atoms with Crippen molar-refractivity contribution in [3.05, 3.63) is 58.6 Å². The minimum absolute atomic E-state index is 0.0826. The predicted molar refractivity (Wildman–Crippen MR) is 110 cm³/mol. The van der Waals surface area contributed by atoms with Crippen molar-refractivity contribution in [2.24, 2.45) is 0 Å². The topological polar surface area (TPSA) is 92.8 Å². The molecular weight excluding hydrogens is 448 g/mol. The number of nitrogens with one attached hydrogen (secondary N) is 1.